The molecule has 0 saturated heterocycles. The summed E-state index contributed by atoms with van der Waals surface area (Å²) in [5, 5.41) is 13.8. The Morgan fingerprint density at radius 3 is 2.54 bits per heavy atom. The molecule has 1 atom stereocenters. The van der Waals surface area contributed by atoms with Gasteiger partial charge in [-0.2, -0.15) is 0 Å². The van der Waals surface area contributed by atoms with Crippen molar-refractivity contribution in [3.05, 3.63) is 48.4 Å². The van der Waals surface area contributed by atoms with Crippen LogP contribution < -0.4 is 15.4 Å². The molecule has 1 heterocycles. The molecule has 0 saturated carbocycles. The van der Waals surface area contributed by atoms with Crippen molar-refractivity contribution in [3.63, 3.8) is 0 Å². The summed E-state index contributed by atoms with van der Waals surface area (Å²) in [5.41, 5.74) is 0.548. The van der Waals surface area contributed by atoms with E-state index in [1.54, 1.807) is 37.3 Å². The maximum Gasteiger partial charge on any atom is 0.303 e. The Hall–Kier alpha value is -3.29. The van der Waals surface area contributed by atoms with Crippen LogP contribution in [-0.4, -0.2) is 35.5 Å². The highest BCUT2D eigenvalue weighted by molar-refractivity contribution is 5.99. The van der Waals surface area contributed by atoms with Crippen molar-refractivity contribution < 1.29 is 28.6 Å². The maximum atomic E-state index is 12.1. The van der Waals surface area contributed by atoms with Crippen molar-refractivity contribution in [2.24, 2.45) is 0 Å². The second-order valence-electron chi connectivity index (χ2n) is 5.53. The average molecular weight is 360 g/mol. The highest BCUT2D eigenvalue weighted by Gasteiger charge is 2.18. The lowest BCUT2D eigenvalue weighted by atomic mass is 10.2. The van der Waals surface area contributed by atoms with Gasteiger partial charge in [0.05, 0.1) is 12.9 Å². The number of nitrogens with one attached hydrogen (secondary N) is 2. The van der Waals surface area contributed by atoms with E-state index < -0.39 is 17.9 Å². The molecule has 0 bridgehead atoms. The summed E-state index contributed by atoms with van der Waals surface area (Å²) in [6.45, 7) is 1.87. The minimum atomic E-state index is -0.861. The number of aliphatic carboxylic acids is 1. The van der Waals surface area contributed by atoms with Crippen LogP contribution in [0.4, 0.5) is 5.69 Å². The maximum absolute atomic E-state index is 12.1. The number of carboxylic acid groups (broad SMARTS) is 1. The van der Waals surface area contributed by atoms with Crippen molar-refractivity contribution in [2.45, 2.75) is 25.8 Å². The van der Waals surface area contributed by atoms with Crippen LogP contribution in [-0.2, 0) is 9.59 Å². The fraction of sp³-hybridized carbons (Fsp3) is 0.278. The molecule has 1 aromatic carbocycles. The molecule has 8 nitrogen and oxygen atoms in total. The average Bonchev–Trinajstić information content (AvgIpc) is 3.14. The molecule has 0 aliphatic carbocycles. The van der Waals surface area contributed by atoms with Crippen molar-refractivity contribution >= 4 is 23.5 Å². The number of amides is 2. The van der Waals surface area contributed by atoms with Crippen LogP contribution in [0.3, 0.4) is 0 Å². The number of furan rings is 1. The van der Waals surface area contributed by atoms with Gasteiger partial charge >= 0.3 is 5.97 Å². The van der Waals surface area contributed by atoms with Crippen molar-refractivity contribution in [1.29, 1.82) is 0 Å². The Labute approximate surface area is 150 Å². The molecule has 2 amide bonds. The van der Waals surface area contributed by atoms with Gasteiger partial charge in [0.2, 0.25) is 5.91 Å². The van der Waals surface area contributed by atoms with Gasteiger partial charge < -0.3 is 24.9 Å². The fourth-order valence-electron chi connectivity index (χ4n) is 2.04. The van der Waals surface area contributed by atoms with Crippen molar-refractivity contribution in [1.82, 2.24) is 5.32 Å². The summed E-state index contributed by atoms with van der Waals surface area (Å²) in [4.78, 5) is 34.4. The van der Waals surface area contributed by atoms with Crippen molar-refractivity contribution in [2.75, 3.05) is 11.9 Å². The molecule has 8 heteroatoms. The van der Waals surface area contributed by atoms with E-state index in [1.807, 2.05) is 0 Å². The van der Waals surface area contributed by atoms with Gasteiger partial charge in [0.25, 0.3) is 5.91 Å². The summed E-state index contributed by atoms with van der Waals surface area (Å²) in [7, 11) is 0. The van der Waals surface area contributed by atoms with Crippen LogP contribution in [0.1, 0.15) is 30.3 Å². The molecule has 26 heavy (non-hydrogen) atoms. The van der Waals surface area contributed by atoms with Gasteiger partial charge in [-0.05, 0) is 49.7 Å². The lowest BCUT2D eigenvalue weighted by Gasteiger charge is -2.13. The topological polar surface area (TPSA) is 118 Å². The molecule has 1 aromatic heterocycles. The smallest absolute Gasteiger partial charge is 0.303 e. The third kappa shape index (κ3) is 5.97. The quantitative estimate of drug-likeness (QED) is 0.591. The van der Waals surface area contributed by atoms with E-state index in [-0.39, 0.29) is 18.1 Å². The molecule has 0 spiro atoms. The zero-order valence-electron chi connectivity index (χ0n) is 14.2. The fourth-order valence-corrected chi connectivity index (χ4v) is 2.04. The first-order valence-corrected chi connectivity index (χ1v) is 8.05. The highest BCUT2D eigenvalue weighted by Crippen LogP contribution is 2.16. The van der Waals surface area contributed by atoms with Crippen LogP contribution in [0.5, 0.6) is 5.75 Å². The second kappa shape index (κ2) is 9.26. The third-order valence-corrected chi connectivity index (χ3v) is 3.41. The number of ether oxygens (including phenoxy) is 1. The number of anilines is 1. The summed E-state index contributed by atoms with van der Waals surface area (Å²) in [6.07, 6.45) is 1.85. The number of hydrogen-bond donors (Lipinski definition) is 3. The van der Waals surface area contributed by atoms with Gasteiger partial charge in [-0.15, -0.1) is 0 Å². The van der Waals surface area contributed by atoms with E-state index in [0.29, 0.717) is 24.5 Å². The summed E-state index contributed by atoms with van der Waals surface area (Å²) >= 11 is 0. The number of carbonyl (C=O) groups excluding carboxylic acids is 2. The predicted octanol–water partition coefficient (Wildman–Crippen LogP) is 2.28. The molecule has 0 fully saturated rings. The lowest BCUT2D eigenvalue weighted by molar-refractivity contribution is -0.137. The van der Waals surface area contributed by atoms with E-state index in [0.717, 1.165) is 0 Å². The van der Waals surface area contributed by atoms with Crippen LogP contribution >= 0.6 is 0 Å². The van der Waals surface area contributed by atoms with E-state index in [4.69, 9.17) is 14.3 Å². The van der Waals surface area contributed by atoms with Crippen LogP contribution in [0.15, 0.2) is 47.1 Å². The van der Waals surface area contributed by atoms with E-state index in [9.17, 15) is 14.4 Å². The third-order valence-electron chi connectivity index (χ3n) is 3.41. The van der Waals surface area contributed by atoms with Crippen molar-refractivity contribution in [3.8, 4) is 5.75 Å². The largest absolute Gasteiger partial charge is 0.494 e. The normalized spacial score (nSPS) is 11.4. The van der Waals surface area contributed by atoms with Crippen LogP contribution in [0, 0.1) is 0 Å². The molecule has 3 N–H and O–H groups in total. The summed E-state index contributed by atoms with van der Waals surface area (Å²) in [5.74, 6) is -0.996. The van der Waals surface area contributed by atoms with Gasteiger partial charge in [-0.3, -0.25) is 14.4 Å². The first kappa shape index (κ1) is 19.0. The Morgan fingerprint density at radius 1 is 1.19 bits per heavy atom. The Morgan fingerprint density at radius 2 is 1.92 bits per heavy atom. The van der Waals surface area contributed by atoms with Crippen LogP contribution in [0.25, 0.3) is 0 Å². The Balaban J connectivity index is 1.79. The standard InChI is InChI=1S/C18H20N2O6/c1-12(19-18(24)15-4-2-11-26-15)17(23)20-13-6-8-14(9-7-13)25-10-3-5-16(21)22/h2,4,6-9,11-12H,3,5,10H2,1H3,(H,19,24)(H,20,23)(H,21,22). The van der Waals surface area contributed by atoms with E-state index in [2.05, 4.69) is 10.6 Å². The highest BCUT2D eigenvalue weighted by atomic mass is 16.5. The number of rotatable bonds is 9. The molecule has 138 valence electrons. The molecule has 2 rings (SSSR count). The molecular weight excluding hydrogens is 340 g/mol. The number of carboxylic acids is 1. The minimum absolute atomic E-state index is 0.0513. The van der Waals surface area contributed by atoms with Gasteiger partial charge in [-0.25, -0.2) is 0 Å². The van der Waals surface area contributed by atoms with Crippen LogP contribution in [0.2, 0.25) is 0 Å². The molecule has 0 radical (unpaired) electrons. The van der Waals surface area contributed by atoms with Gasteiger partial charge in [-0.1, -0.05) is 0 Å². The van der Waals surface area contributed by atoms with Gasteiger partial charge in [0, 0.05) is 12.1 Å². The molecule has 0 aliphatic rings. The Kier molecular flexibility index (Phi) is 6.78. The van der Waals surface area contributed by atoms with E-state index in [1.165, 1.54) is 12.3 Å². The van der Waals surface area contributed by atoms with Gasteiger partial charge in [0.1, 0.15) is 11.8 Å². The zero-order valence-corrected chi connectivity index (χ0v) is 14.2. The molecule has 1 unspecified atom stereocenters. The van der Waals surface area contributed by atoms with E-state index >= 15 is 0 Å². The predicted molar refractivity (Wildman–Crippen MR) is 93.1 cm³/mol. The molecule has 2 aromatic rings. The zero-order chi connectivity index (χ0) is 18.9. The van der Waals surface area contributed by atoms with Gasteiger partial charge in [0.15, 0.2) is 5.76 Å². The minimum Gasteiger partial charge on any atom is -0.494 e. The number of benzene rings is 1. The number of hydrogen-bond acceptors (Lipinski definition) is 5. The summed E-state index contributed by atoms with van der Waals surface area (Å²) < 4.78 is 10.4. The Bertz CT molecular complexity index is 740. The number of carbonyl (C=O) groups is 3. The summed E-state index contributed by atoms with van der Waals surface area (Å²) in [6, 6.07) is 9.00. The first-order valence-electron chi connectivity index (χ1n) is 8.05. The first-order chi connectivity index (χ1) is 12.5. The lowest BCUT2D eigenvalue weighted by Crippen LogP contribution is -2.41. The second-order valence-corrected chi connectivity index (χ2v) is 5.53. The monoisotopic (exact) mass is 360 g/mol. The molecular formula is C18H20N2O6. The molecule has 0 aliphatic heterocycles. The SMILES string of the molecule is CC(NC(=O)c1ccco1)C(=O)Nc1ccc(OCCCC(=O)O)cc1.